The molecule has 0 aliphatic carbocycles. The Morgan fingerprint density at radius 1 is 1.03 bits per heavy atom. The number of rotatable bonds is 3. The first kappa shape index (κ1) is 26.5. The van der Waals surface area contributed by atoms with Crippen LogP contribution in [0, 0.1) is 0 Å². The smallest absolute Gasteiger partial charge is 0.258 e. The lowest BCUT2D eigenvalue weighted by atomic mass is 10.0. The summed E-state index contributed by atoms with van der Waals surface area (Å²) in [4.78, 5) is 32.2. The van der Waals surface area contributed by atoms with Crippen LogP contribution in [0.3, 0.4) is 0 Å². The summed E-state index contributed by atoms with van der Waals surface area (Å²) in [6.07, 6.45) is 3.24. The van der Waals surface area contributed by atoms with Gasteiger partial charge < -0.3 is 24.8 Å². The highest BCUT2D eigenvalue weighted by Crippen LogP contribution is 2.29. The second-order valence-corrected chi connectivity index (χ2v) is 9.87. The lowest BCUT2D eigenvalue weighted by molar-refractivity contribution is -0.125. The molecule has 2 atom stereocenters. The number of amides is 2. The Balaban J connectivity index is 1.35. The van der Waals surface area contributed by atoms with Crippen LogP contribution in [0.15, 0.2) is 66.9 Å². The molecular weight excluding hydrogens is 496 g/mol. The van der Waals surface area contributed by atoms with Crippen LogP contribution in [0.4, 0.5) is 0 Å². The van der Waals surface area contributed by atoms with E-state index in [1.807, 2.05) is 54.6 Å². The molecule has 9 heteroatoms. The first-order valence-electron chi connectivity index (χ1n) is 13.3. The normalized spacial score (nSPS) is 20.6. The Bertz CT molecular complexity index is 1270. The van der Waals surface area contributed by atoms with E-state index < -0.39 is 0 Å². The largest absolute Gasteiger partial charge is 0.493 e. The molecule has 1 saturated heterocycles. The minimum atomic E-state index is -0.243. The highest BCUT2D eigenvalue weighted by Gasteiger charge is 2.32. The molecule has 204 valence electrons. The third kappa shape index (κ3) is 7.26. The van der Waals surface area contributed by atoms with Crippen LogP contribution in [-0.2, 0) is 29.1 Å². The van der Waals surface area contributed by atoms with Gasteiger partial charge in [-0.3, -0.25) is 19.5 Å². The monoisotopic (exact) mass is 530 g/mol. The van der Waals surface area contributed by atoms with Crippen molar-refractivity contribution < 1.29 is 23.8 Å². The van der Waals surface area contributed by atoms with E-state index in [-0.39, 0.29) is 30.6 Å². The van der Waals surface area contributed by atoms with Crippen molar-refractivity contribution in [1.82, 2.24) is 20.5 Å². The molecule has 6 heterocycles. The number of likely N-dealkylation sites (tertiary alicyclic amines) is 1. The molecule has 0 radical (unpaired) electrons. The van der Waals surface area contributed by atoms with Gasteiger partial charge in [0, 0.05) is 38.8 Å². The molecule has 0 unspecified atom stereocenters. The minimum absolute atomic E-state index is 0.0269. The summed E-state index contributed by atoms with van der Waals surface area (Å²) in [5.41, 5.74) is 2.92. The van der Waals surface area contributed by atoms with Crippen molar-refractivity contribution in [1.29, 1.82) is 0 Å². The minimum Gasteiger partial charge on any atom is -0.493 e. The number of aromatic nitrogens is 1. The van der Waals surface area contributed by atoms with Crippen molar-refractivity contribution in [3.63, 3.8) is 0 Å². The number of carbonyl (C=O) groups is 2. The van der Waals surface area contributed by atoms with Crippen LogP contribution in [0.25, 0.3) is 0 Å². The summed E-state index contributed by atoms with van der Waals surface area (Å²) in [5, 5.41) is 6.12. The molecule has 3 aromatic rings. The molecule has 0 saturated carbocycles. The number of nitrogens with zero attached hydrogens (tertiary/aromatic N) is 2. The lowest BCUT2D eigenvalue weighted by Crippen LogP contribution is -2.57. The third-order valence-corrected chi connectivity index (χ3v) is 7.02. The number of hydrogen-bond donors (Lipinski definition) is 2. The van der Waals surface area contributed by atoms with Gasteiger partial charge in [-0.05, 0) is 60.4 Å². The number of ether oxygens (including phenoxy) is 3. The van der Waals surface area contributed by atoms with Gasteiger partial charge in [0.25, 0.3) is 5.91 Å². The molecule has 9 nitrogen and oxygen atoms in total. The van der Waals surface area contributed by atoms with Crippen molar-refractivity contribution in [3.8, 4) is 17.2 Å². The molecule has 1 fully saturated rings. The van der Waals surface area contributed by atoms with E-state index in [4.69, 9.17) is 14.2 Å². The second-order valence-electron chi connectivity index (χ2n) is 9.87. The predicted octanol–water partition coefficient (Wildman–Crippen LogP) is 2.87. The molecule has 8 rings (SSSR count). The number of benzene rings is 2. The average Bonchev–Trinajstić information content (AvgIpc) is 2.96. The zero-order chi connectivity index (χ0) is 27.0. The van der Waals surface area contributed by atoms with Crippen LogP contribution in [0.5, 0.6) is 17.2 Å². The standard InChI is InChI=1S/C30H34N4O5/c1-37-28-16-21-7-11-27(28)38-20-30(36)33-25-19-34(18-23-4-2-3-14-31-23)15-13-26(25)39-24-9-5-22(6-10-24)17-32-29(35)12-8-21/h2-7,9-11,14,16,25-26H,8,12-13,15,17-20H2,1H3,(H,32,35)(H,33,36)/t25-,26-/m1/s1. The maximum absolute atomic E-state index is 13.0. The molecule has 39 heavy (non-hydrogen) atoms. The maximum Gasteiger partial charge on any atom is 0.258 e. The third-order valence-electron chi connectivity index (χ3n) is 7.02. The number of aryl methyl sites for hydroxylation is 1. The van der Waals surface area contributed by atoms with Crippen molar-refractivity contribution in [2.75, 3.05) is 26.8 Å². The van der Waals surface area contributed by atoms with Crippen LogP contribution >= 0.6 is 0 Å². The first-order valence-corrected chi connectivity index (χ1v) is 13.3. The molecule has 5 aliphatic heterocycles. The number of nitrogens with one attached hydrogen (secondary N) is 2. The summed E-state index contributed by atoms with van der Waals surface area (Å²) in [5.74, 6) is 1.46. The van der Waals surface area contributed by atoms with Crippen molar-refractivity contribution in [3.05, 3.63) is 83.7 Å². The van der Waals surface area contributed by atoms with Gasteiger partial charge in [0.05, 0.1) is 18.8 Å². The van der Waals surface area contributed by atoms with Gasteiger partial charge in [0.1, 0.15) is 11.9 Å². The van der Waals surface area contributed by atoms with Crippen molar-refractivity contribution >= 4 is 11.8 Å². The van der Waals surface area contributed by atoms with Crippen LogP contribution < -0.4 is 24.8 Å². The fraction of sp³-hybridized carbons (Fsp3) is 0.367. The summed E-state index contributed by atoms with van der Waals surface area (Å²) >= 11 is 0. The number of piperidine rings is 1. The van der Waals surface area contributed by atoms with Crippen molar-refractivity contribution in [2.24, 2.45) is 0 Å². The fourth-order valence-corrected chi connectivity index (χ4v) is 4.93. The number of carbonyl (C=O) groups excluding carboxylic acids is 2. The van der Waals surface area contributed by atoms with E-state index in [1.165, 1.54) is 0 Å². The molecule has 2 aromatic carbocycles. The molecule has 4 bridgehead atoms. The van der Waals surface area contributed by atoms with E-state index in [1.54, 1.807) is 19.4 Å². The molecule has 0 spiro atoms. The van der Waals surface area contributed by atoms with E-state index in [2.05, 4.69) is 20.5 Å². The topological polar surface area (TPSA) is 102 Å². The SMILES string of the molecule is COc1cc2ccc1OCC(=O)N[C@@H]1CN(Cc3ccccn3)CC[C@H]1Oc1ccc(cc1)CNC(=O)CC2. The van der Waals surface area contributed by atoms with E-state index in [9.17, 15) is 9.59 Å². The number of methoxy groups -OCH3 is 1. The first-order chi connectivity index (χ1) is 19.1. The zero-order valence-electron chi connectivity index (χ0n) is 22.1. The lowest BCUT2D eigenvalue weighted by Gasteiger charge is -2.38. The predicted molar refractivity (Wildman–Crippen MR) is 146 cm³/mol. The van der Waals surface area contributed by atoms with E-state index in [0.717, 1.165) is 35.5 Å². The van der Waals surface area contributed by atoms with Gasteiger partial charge in [-0.2, -0.15) is 0 Å². The van der Waals surface area contributed by atoms with Crippen LogP contribution in [0.1, 0.15) is 29.7 Å². The van der Waals surface area contributed by atoms with Gasteiger partial charge >= 0.3 is 0 Å². The van der Waals surface area contributed by atoms with Crippen LogP contribution in [-0.4, -0.2) is 60.7 Å². The van der Waals surface area contributed by atoms with Gasteiger partial charge in [-0.15, -0.1) is 0 Å². The number of hydrogen-bond acceptors (Lipinski definition) is 7. The van der Waals surface area contributed by atoms with E-state index in [0.29, 0.717) is 44.0 Å². The molecule has 5 aliphatic rings. The van der Waals surface area contributed by atoms with Crippen molar-refractivity contribution in [2.45, 2.75) is 44.5 Å². The average molecular weight is 531 g/mol. The summed E-state index contributed by atoms with van der Waals surface area (Å²) in [6.45, 7) is 2.42. The van der Waals surface area contributed by atoms with Gasteiger partial charge in [0.15, 0.2) is 18.1 Å². The van der Waals surface area contributed by atoms with Gasteiger partial charge in [-0.25, -0.2) is 0 Å². The molecule has 2 amide bonds. The molecule has 1 aromatic heterocycles. The number of pyridine rings is 1. The van der Waals surface area contributed by atoms with Crippen LogP contribution in [0.2, 0.25) is 0 Å². The quantitative estimate of drug-likeness (QED) is 0.537. The summed E-state index contributed by atoms with van der Waals surface area (Å²) in [7, 11) is 1.56. The highest BCUT2D eigenvalue weighted by molar-refractivity contribution is 5.78. The fourth-order valence-electron chi connectivity index (χ4n) is 4.93. The van der Waals surface area contributed by atoms with E-state index >= 15 is 0 Å². The molecule has 2 N–H and O–H groups in total. The Labute approximate surface area is 228 Å². The Morgan fingerprint density at radius 2 is 1.87 bits per heavy atom. The Hall–Kier alpha value is -4.11. The second kappa shape index (κ2) is 12.6. The molecular formula is C30H34N4O5. The zero-order valence-corrected chi connectivity index (χ0v) is 22.1. The van der Waals surface area contributed by atoms with Gasteiger partial charge in [-0.1, -0.05) is 24.3 Å². The summed E-state index contributed by atoms with van der Waals surface area (Å²) < 4.78 is 17.7. The van der Waals surface area contributed by atoms with Gasteiger partial charge in [0.2, 0.25) is 5.91 Å². The maximum atomic E-state index is 13.0. The summed E-state index contributed by atoms with van der Waals surface area (Å²) in [6, 6.07) is 18.9. The Morgan fingerprint density at radius 3 is 2.67 bits per heavy atom. The Kier molecular flexibility index (Phi) is 8.58. The highest BCUT2D eigenvalue weighted by atomic mass is 16.5.